The van der Waals surface area contributed by atoms with E-state index in [9.17, 15) is 4.79 Å². The first-order valence-corrected chi connectivity index (χ1v) is 25.5. The van der Waals surface area contributed by atoms with Gasteiger partial charge in [-0.25, -0.2) is 0 Å². The normalized spacial score (nSPS) is 11.8. The van der Waals surface area contributed by atoms with Crippen LogP contribution < -0.4 is 0 Å². The van der Waals surface area contributed by atoms with E-state index >= 15 is 0 Å². The van der Waals surface area contributed by atoms with E-state index in [4.69, 9.17) is 4.74 Å². The highest BCUT2D eigenvalue weighted by Crippen LogP contribution is 2.17. The summed E-state index contributed by atoms with van der Waals surface area (Å²) in [4.78, 5) is 12.0. The summed E-state index contributed by atoms with van der Waals surface area (Å²) in [6.45, 7) is 7.61. The third-order valence-electron chi connectivity index (χ3n) is 11.8. The van der Waals surface area contributed by atoms with Crippen LogP contribution in [0.15, 0.2) is 12.2 Å². The van der Waals surface area contributed by atoms with Crippen LogP contribution in [-0.4, -0.2) is 12.6 Å². The minimum Gasteiger partial charge on any atom is -0.466 e. The zero-order valence-corrected chi connectivity index (χ0v) is 37.9. The molecule has 322 valence electrons. The lowest BCUT2D eigenvalue weighted by Crippen LogP contribution is -2.05. The Labute approximate surface area is 342 Å². The smallest absolute Gasteiger partial charge is 0.305 e. The molecule has 0 heterocycles. The maximum Gasteiger partial charge on any atom is 0.305 e. The quantitative estimate of drug-likeness (QED) is 0.0351. The number of unbranched alkanes of at least 4 members (excludes halogenated alkanes) is 39. The number of hydrogen-bond acceptors (Lipinski definition) is 2. The Bertz CT molecular complexity index is 711. The van der Waals surface area contributed by atoms with Crippen molar-refractivity contribution in [1.82, 2.24) is 0 Å². The van der Waals surface area contributed by atoms with Gasteiger partial charge in [0.15, 0.2) is 0 Å². The maximum atomic E-state index is 12.0. The molecule has 0 aliphatic carbocycles. The molecule has 0 saturated heterocycles. The first-order chi connectivity index (χ1) is 26.7. The van der Waals surface area contributed by atoms with E-state index in [1.54, 1.807) is 0 Å². The van der Waals surface area contributed by atoms with E-state index in [1.807, 2.05) is 0 Å². The summed E-state index contributed by atoms with van der Waals surface area (Å²) in [5.41, 5.74) is 0. The summed E-state index contributed by atoms with van der Waals surface area (Å²) in [5.74, 6) is 0.915. The SMILES string of the molecule is CCCCCCC=CCCCCCCCCCCCC(=O)OCCCCCCCCCCCCCCCCCCCCCCCCCCCCCC(C)C. The number of carbonyl (C=O) groups excluding carboxylic acids is 1. The van der Waals surface area contributed by atoms with Gasteiger partial charge in [-0.05, 0) is 44.4 Å². The summed E-state index contributed by atoms with van der Waals surface area (Å²) in [5, 5.41) is 0. The highest BCUT2D eigenvalue weighted by atomic mass is 16.5. The second kappa shape index (κ2) is 48.4. The van der Waals surface area contributed by atoms with Gasteiger partial charge in [-0.3, -0.25) is 4.79 Å². The Morgan fingerprint density at radius 3 is 0.981 bits per heavy atom. The molecule has 0 atom stereocenters. The molecule has 2 nitrogen and oxygen atoms in total. The molecule has 0 aromatic heterocycles. The van der Waals surface area contributed by atoms with Crippen molar-refractivity contribution in [2.24, 2.45) is 5.92 Å². The average Bonchev–Trinajstić information content (AvgIpc) is 3.16. The summed E-state index contributed by atoms with van der Waals surface area (Å²) in [6.07, 6.45) is 65.0. The molecule has 0 amide bonds. The third kappa shape index (κ3) is 49.2. The molecule has 0 unspecified atom stereocenters. The van der Waals surface area contributed by atoms with E-state index in [2.05, 4.69) is 32.9 Å². The van der Waals surface area contributed by atoms with E-state index in [0.717, 1.165) is 18.8 Å². The van der Waals surface area contributed by atoms with Crippen LogP contribution in [0, 0.1) is 5.92 Å². The van der Waals surface area contributed by atoms with Crippen LogP contribution in [0.25, 0.3) is 0 Å². The molecule has 0 fully saturated rings. The van der Waals surface area contributed by atoms with E-state index in [-0.39, 0.29) is 5.97 Å². The zero-order chi connectivity index (χ0) is 39.1. The first-order valence-electron chi connectivity index (χ1n) is 25.5. The molecular formula is C52H102O2. The van der Waals surface area contributed by atoms with Crippen LogP contribution in [-0.2, 0) is 9.53 Å². The van der Waals surface area contributed by atoms with Gasteiger partial charge in [0.25, 0.3) is 0 Å². The summed E-state index contributed by atoms with van der Waals surface area (Å²) >= 11 is 0. The second-order valence-electron chi connectivity index (χ2n) is 18.0. The summed E-state index contributed by atoms with van der Waals surface area (Å²) < 4.78 is 5.49. The molecule has 54 heavy (non-hydrogen) atoms. The minimum atomic E-state index is 0.0278. The van der Waals surface area contributed by atoms with Gasteiger partial charge in [0.2, 0.25) is 0 Å². The van der Waals surface area contributed by atoms with Gasteiger partial charge in [0.1, 0.15) is 0 Å². The molecule has 0 N–H and O–H groups in total. The number of allylic oxidation sites excluding steroid dienone is 2. The zero-order valence-electron chi connectivity index (χ0n) is 37.9. The van der Waals surface area contributed by atoms with Crippen molar-refractivity contribution < 1.29 is 9.53 Å². The molecule has 0 bridgehead atoms. The predicted molar refractivity (Wildman–Crippen MR) is 244 cm³/mol. The van der Waals surface area contributed by atoms with Gasteiger partial charge >= 0.3 is 5.97 Å². The van der Waals surface area contributed by atoms with Crippen LogP contribution in [0.1, 0.15) is 303 Å². The first kappa shape index (κ1) is 53.2. The Kier molecular flexibility index (Phi) is 47.7. The number of esters is 1. The largest absolute Gasteiger partial charge is 0.466 e. The molecule has 0 aliphatic heterocycles. The Hall–Kier alpha value is -0.790. The molecule has 0 rings (SSSR count). The Morgan fingerprint density at radius 2 is 0.648 bits per heavy atom. The fraction of sp³-hybridized carbons (Fsp3) is 0.942. The molecule has 0 spiro atoms. The van der Waals surface area contributed by atoms with Gasteiger partial charge in [-0.15, -0.1) is 0 Å². The number of rotatable bonds is 47. The Balaban J connectivity index is 3.15. The van der Waals surface area contributed by atoms with Crippen LogP contribution in [0.3, 0.4) is 0 Å². The molecule has 0 aromatic rings. The standard InChI is InChI=1S/C52H102O2/c1-4-5-6-7-8-9-10-11-12-24-28-31-34-37-40-43-46-49-52(53)54-50-47-44-41-38-35-32-29-26-23-21-19-17-15-13-14-16-18-20-22-25-27-30-33-36-39-42-45-48-51(2)3/h9-10,51H,4-8,11-50H2,1-3H3. The number of hydrogen-bond donors (Lipinski definition) is 0. The molecule has 2 heteroatoms. The van der Waals surface area contributed by atoms with Gasteiger partial charge in [-0.1, -0.05) is 270 Å². The lowest BCUT2D eigenvalue weighted by Gasteiger charge is -2.06. The fourth-order valence-electron chi connectivity index (χ4n) is 8.03. The lowest BCUT2D eigenvalue weighted by molar-refractivity contribution is -0.143. The lowest BCUT2D eigenvalue weighted by atomic mass is 10.0. The van der Waals surface area contributed by atoms with Gasteiger partial charge in [0.05, 0.1) is 6.61 Å². The fourth-order valence-corrected chi connectivity index (χ4v) is 8.03. The second-order valence-corrected chi connectivity index (χ2v) is 18.0. The van der Waals surface area contributed by atoms with Crippen molar-refractivity contribution in [3.63, 3.8) is 0 Å². The molecule has 0 aromatic carbocycles. The molecule has 0 aliphatic rings. The summed E-state index contributed by atoms with van der Waals surface area (Å²) in [6, 6.07) is 0. The number of carbonyl (C=O) groups is 1. The van der Waals surface area contributed by atoms with Crippen molar-refractivity contribution in [2.75, 3.05) is 6.61 Å². The molecule has 0 saturated carbocycles. The van der Waals surface area contributed by atoms with E-state index in [0.29, 0.717) is 13.0 Å². The highest BCUT2D eigenvalue weighted by molar-refractivity contribution is 5.69. The van der Waals surface area contributed by atoms with Crippen LogP contribution >= 0.6 is 0 Å². The van der Waals surface area contributed by atoms with E-state index in [1.165, 1.54) is 263 Å². The number of ether oxygens (including phenoxy) is 1. The van der Waals surface area contributed by atoms with Crippen molar-refractivity contribution in [3.8, 4) is 0 Å². The average molecular weight is 759 g/mol. The molecule has 0 radical (unpaired) electrons. The minimum absolute atomic E-state index is 0.0278. The van der Waals surface area contributed by atoms with Crippen LogP contribution in [0.5, 0.6) is 0 Å². The molecular weight excluding hydrogens is 657 g/mol. The highest BCUT2D eigenvalue weighted by Gasteiger charge is 2.03. The third-order valence-corrected chi connectivity index (χ3v) is 11.8. The maximum absolute atomic E-state index is 12.0. The summed E-state index contributed by atoms with van der Waals surface area (Å²) in [7, 11) is 0. The van der Waals surface area contributed by atoms with Gasteiger partial charge in [0, 0.05) is 6.42 Å². The topological polar surface area (TPSA) is 26.3 Å². The van der Waals surface area contributed by atoms with E-state index < -0.39 is 0 Å². The monoisotopic (exact) mass is 759 g/mol. The van der Waals surface area contributed by atoms with Crippen LogP contribution in [0.2, 0.25) is 0 Å². The van der Waals surface area contributed by atoms with Crippen molar-refractivity contribution in [1.29, 1.82) is 0 Å². The van der Waals surface area contributed by atoms with Gasteiger partial charge < -0.3 is 4.74 Å². The van der Waals surface area contributed by atoms with Gasteiger partial charge in [-0.2, -0.15) is 0 Å². The van der Waals surface area contributed by atoms with Crippen molar-refractivity contribution in [3.05, 3.63) is 12.2 Å². The van der Waals surface area contributed by atoms with Crippen LogP contribution in [0.4, 0.5) is 0 Å². The predicted octanol–water partition coefficient (Wildman–Crippen LogP) is 18.9. The Morgan fingerprint density at radius 1 is 0.370 bits per heavy atom. The van der Waals surface area contributed by atoms with Crippen molar-refractivity contribution in [2.45, 2.75) is 303 Å². The van der Waals surface area contributed by atoms with Crippen molar-refractivity contribution >= 4 is 5.97 Å².